The molecule has 0 unspecified atom stereocenters. The highest BCUT2D eigenvalue weighted by molar-refractivity contribution is 6.31. The fourth-order valence-corrected chi connectivity index (χ4v) is 2.32. The normalized spacial score (nSPS) is 10.7. The topological polar surface area (TPSA) is 65.0 Å². The van der Waals surface area contributed by atoms with Crippen molar-refractivity contribution in [3.8, 4) is 0 Å². The number of aliphatic imine (C=N–C) groups is 1. The molecule has 2 aromatic rings. The first-order valence-electron chi connectivity index (χ1n) is 7.08. The minimum Gasteiger partial charge on any atom is -0.465 e. The molecule has 0 aliphatic carbocycles. The number of carbonyl (C=O) groups is 2. The van der Waals surface area contributed by atoms with Crippen LogP contribution in [0.2, 0.25) is 5.02 Å². The Morgan fingerprint density at radius 2 is 1.54 bits per heavy atom. The Morgan fingerprint density at radius 1 is 1.00 bits per heavy atom. The average Bonchev–Trinajstić information content (AvgIpc) is 2.61. The van der Waals surface area contributed by atoms with E-state index >= 15 is 0 Å². The third-order valence-electron chi connectivity index (χ3n) is 3.49. The van der Waals surface area contributed by atoms with Crippen LogP contribution in [0.4, 0.5) is 5.69 Å². The molecule has 124 valence electrons. The van der Waals surface area contributed by atoms with Gasteiger partial charge in [-0.25, -0.2) is 9.59 Å². The lowest BCUT2D eigenvalue weighted by molar-refractivity contribution is 0.0599. The molecular weight excluding hydrogens is 330 g/mol. The zero-order valence-electron chi connectivity index (χ0n) is 13.5. The van der Waals surface area contributed by atoms with Gasteiger partial charge >= 0.3 is 11.9 Å². The number of hydrogen-bond donors (Lipinski definition) is 0. The van der Waals surface area contributed by atoms with Crippen LogP contribution in [-0.4, -0.2) is 32.4 Å². The zero-order chi connectivity index (χ0) is 17.7. The fourth-order valence-electron chi connectivity index (χ4n) is 2.15. The van der Waals surface area contributed by atoms with E-state index in [1.165, 1.54) is 20.4 Å². The molecule has 0 heterocycles. The summed E-state index contributed by atoms with van der Waals surface area (Å²) in [4.78, 5) is 28.3. The SMILES string of the molecule is COC(=O)c1cccc(C(=O)OC)c1C=Nc1cccc(Cl)c1C. The van der Waals surface area contributed by atoms with E-state index in [-0.39, 0.29) is 11.1 Å². The predicted molar refractivity (Wildman–Crippen MR) is 92.6 cm³/mol. The summed E-state index contributed by atoms with van der Waals surface area (Å²) >= 11 is 6.08. The minimum atomic E-state index is -0.565. The van der Waals surface area contributed by atoms with Gasteiger partial charge in [0.2, 0.25) is 0 Å². The number of benzene rings is 2. The van der Waals surface area contributed by atoms with Crippen molar-refractivity contribution in [3.63, 3.8) is 0 Å². The Labute approximate surface area is 144 Å². The summed E-state index contributed by atoms with van der Waals surface area (Å²) in [6.45, 7) is 1.84. The fraction of sp³-hybridized carbons (Fsp3) is 0.167. The number of rotatable bonds is 4. The maximum absolute atomic E-state index is 12.0. The largest absolute Gasteiger partial charge is 0.465 e. The molecule has 0 amide bonds. The number of ether oxygens (including phenoxy) is 2. The van der Waals surface area contributed by atoms with Crippen molar-refractivity contribution in [1.29, 1.82) is 0 Å². The van der Waals surface area contributed by atoms with Crippen LogP contribution < -0.4 is 0 Å². The van der Waals surface area contributed by atoms with E-state index in [2.05, 4.69) is 4.99 Å². The van der Waals surface area contributed by atoms with Gasteiger partial charge in [0.05, 0.1) is 31.0 Å². The van der Waals surface area contributed by atoms with E-state index < -0.39 is 11.9 Å². The molecule has 2 rings (SSSR count). The van der Waals surface area contributed by atoms with Gasteiger partial charge in [-0.05, 0) is 36.8 Å². The van der Waals surface area contributed by atoms with Gasteiger partial charge in [-0.1, -0.05) is 23.7 Å². The third-order valence-corrected chi connectivity index (χ3v) is 3.90. The number of carbonyl (C=O) groups excluding carboxylic acids is 2. The molecule has 0 fully saturated rings. The average molecular weight is 346 g/mol. The van der Waals surface area contributed by atoms with E-state index in [9.17, 15) is 9.59 Å². The quantitative estimate of drug-likeness (QED) is 0.621. The van der Waals surface area contributed by atoms with E-state index in [1.54, 1.807) is 36.4 Å². The summed E-state index contributed by atoms with van der Waals surface area (Å²) in [6.07, 6.45) is 1.44. The smallest absolute Gasteiger partial charge is 0.338 e. The second-order valence-corrected chi connectivity index (χ2v) is 5.30. The molecule has 0 bridgehead atoms. The van der Waals surface area contributed by atoms with Crippen LogP contribution in [-0.2, 0) is 9.47 Å². The molecule has 0 saturated heterocycles. The van der Waals surface area contributed by atoms with Crippen LogP contribution in [0.25, 0.3) is 0 Å². The van der Waals surface area contributed by atoms with Gasteiger partial charge in [0, 0.05) is 16.8 Å². The van der Waals surface area contributed by atoms with Crippen LogP contribution in [0.1, 0.15) is 31.8 Å². The Morgan fingerprint density at radius 3 is 2.08 bits per heavy atom. The van der Waals surface area contributed by atoms with E-state index in [1.807, 2.05) is 6.92 Å². The summed E-state index contributed by atoms with van der Waals surface area (Å²) in [5, 5.41) is 0.582. The Bertz CT molecular complexity index is 780. The standard InChI is InChI=1S/C18H16ClNO4/c1-11-15(19)8-5-9-16(11)20-10-14-12(17(21)23-2)6-4-7-13(14)18(22)24-3/h4-10H,1-3H3. The van der Waals surface area contributed by atoms with Crippen molar-refractivity contribution in [2.45, 2.75) is 6.92 Å². The van der Waals surface area contributed by atoms with E-state index in [0.29, 0.717) is 16.3 Å². The number of methoxy groups -OCH3 is 2. The summed E-state index contributed by atoms with van der Waals surface area (Å²) in [5.74, 6) is -1.13. The first-order chi connectivity index (χ1) is 11.5. The molecule has 0 saturated carbocycles. The van der Waals surface area contributed by atoms with Crippen LogP contribution in [0.5, 0.6) is 0 Å². The highest BCUT2D eigenvalue weighted by atomic mass is 35.5. The van der Waals surface area contributed by atoms with Crippen molar-refractivity contribution >= 4 is 35.4 Å². The van der Waals surface area contributed by atoms with Crippen molar-refractivity contribution in [2.75, 3.05) is 14.2 Å². The highest BCUT2D eigenvalue weighted by Crippen LogP contribution is 2.26. The van der Waals surface area contributed by atoms with E-state index in [4.69, 9.17) is 21.1 Å². The van der Waals surface area contributed by atoms with Gasteiger partial charge in [-0.3, -0.25) is 4.99 Å². The van der Waals surface area contributed by atoms with Crippen molar-refractivity contribution < 1.29 is 19.1 Å². The summed E-state index contributed by atoms with van der Waals surface area (Å²) in [5.41, 5.74) is 2.21. The van der Waals surface area contributed by atoms with Crippen molar-refractivity contribution in [3.05, 3.63) is 63.7 Å². The predicted octanol–water partition coefficient (Wildman–Crippen LogP) is 3.97. The van der Waals surface area contributed by atoms with Crippen LogP contribution in [0.3, 0.4) is 0 Å². The molecule has 5 nitrogen and oxygen atoms in total. The van der Waals surface area contributed by atoms with Crippen molar-refractivity contribution in [1.82, 2.24) is 0 Å². The van der Waals surface area contributed by atoms with E-state index in [0.717, 1.165) is 5.56 Å². The first-order valence-corrected chi connectivity index (χ1v) is 7.46. The molecule has 0 atom stereocenters. The molecule has 0 radical (unpaired) electrons. The van der Waals surface area contributed by atoms with Crippen LogP contribution in [0, 0.1) is 6.92 Å². The molecule has 0 N–H and O–H groups in total. The summed E-state index contributed by atoms with van der Waals surface area (Å²) in [6, 6.07) is 10.0. The molecule has 2 aromatic carbocycles. The van der Waals surface area contributed by atoms with Gasteiger partial charge in [0.1, 0.15) is 0 Å². The number of nitrogens with zero attached hydrogens (tertiary/aromatic N) is 1. The van der Waals surface area contributed by atoms with Gasteiger partial charge in [-0.2, -0.15) is 0 Å². The number of esters is 2. The van der Waals surface area contributed by atoms with Crippen LogP contribution in [0.15, 0.2) is 41.4 Å². The van der Waals surface area contributed by atoms with Crippen LogP contribution >= 0.6 is 11.6 Å². The lowest BCUT2D eigenvalue weighted by Crippen LogP contribution is -2.12. The molecule has 0 spiro atoms. The Balaban J connectivity index is 2.58. The molecule has 0 aromatic heterocycles. The lowest BCUT2D eigenvalue weighted by atomic mass is 10.0. The molecule has 0 aliphatic rings. The minimum absolute atomic E-state index is 0.226. The monoisotopic (exact) mass is 345 g/mol. The maximum Gasteiger partial charge on any atom is 0.338 e. The molecule has 6 heteroatoms. The molecule has 24 heavy (non-hydrogen) atoms. The second-order valence-electron chi connectivity index (χ2n) is 4.89. The van der Waals surface area contributed by atoms with Gasteiger partial charge in [0.15, 0.2) is 0 Å². The second kappa shape index (κ2) is 7.75. The third kappa shape index (κ3) is 3.63. The van der Waals surface area contributed by atoms with Gasteiger partial charge in [0.25, 0.3) is 0 Å². The van der Waals surface area contributed by atoms with Crippen molar-refractivity contribution in [2.24, 2.45) is 4.99 Å². The first kappa shape index (κ1) is 17.7. The lowest BCUT2D eigenvalue weighted by Gasteiger charge is -2.09. The number of halogens is 1. The number of hydrogen-bond acceptors (Lipinski definition) is 5. The van der Waals surface area contributed by atoms with Gasteiger partial charge < -0.3 is 9.47 Å². The highest BCUT2D eigenvalue weighted by Gasteiger charge is 2.18. The Kier molecular flexibility index (Phi) is 5.71. The van der Waals surface area contributed by atoms with Gasteiger partial charge in [-0.15, -0.1) is 0 Å². The zero-order valence-corrected chi connectivity index (χ0v) is 14.3. The Hall–Kier alpha value is -2.66. The molecule has 0 aliphatic heterocycles. The maximum atomic E-state index is 12.0. The summed E-state index contributed by atoms with van der Waals surface area (Å²) < 4.78 is 9.53. The molecular formula is C18H16ClNO4. The summed E-state index contributed by atoms with van der Waals surface area (Å²) in [7, 11) is 2.55.